The first-order valence-electron chi connectivity index (χ1n) is 15.9. The zero-order valence-corrected chi connectivity index (χ0v) is 26.5. The quantitative estimate of drug-likeness (QED) is 0.312. The van der Waals surface area contributed by atoms with E-state index in [-0.39, 0.29) is 17.6 Å². The summed E-state index contributed by atoms with van der Waals surface area (Å²) in [6.45, 7) is 6.36. The van der Waals surface area contributed by atoms with Gasteiger partial charge >= 0.3 is 6.03 Å². The number of para-hydroxylation sites is 1. The van der Waals surface area contributed by atoms with Crippen LogP contribution < -0.4 is 10.2 Å². The molecule has 0 radical (unpaired) electrons. The van der Waals surface area contributed by atoms with Gasteiger partial charge in [0.05, 0.1) is 18.0 Å². The Labute approximate surface area is 260 Å². The van der Waals surface area contributed by atoms with Crippen molar-refractivity contribution in [3.05, 3.63) is 77.6 Å². The highest BCUT2D eigenvalue weighted by Crippen LogP contribution is 2.42. The zero-order valence-electron chi connectivity index (χ0n) is 25.7. The lowest BCUT2D eigenvalue weighted by molar-refractivity contribution is 0.104. The molecule has 2 amide bonds. The topological polar surface area (TPSA) is 90.8 Å². The van der Waals surface area contributed by atoms with Gasteiger partial charge < -0.3 is 9.88 Å². The Kier molecular flexibility index (Phi) is 9.07. The van der Waals surface area contributed by atoms with Crippen LogP contribution in [0.3, 0.4) is 0 Å². The Morgan fingerprint density at radius 1 is 1.05 bits per heavy atom. The largest absolute Gasteiger partial charge is 0.329 e. The number of halogens is 1. The van der Waals surface area contributed by atoms with Crippen molar-refractivity contribution in [2.24, 2.45) is 0 Å². The molecule has 0 saturated carbocycles. The molecular formula is C33H43FN6O3S. The van der Waals surface area contributed by atoms with Crippen molar-refractivity contribution in [3.8, 4) is 0 Å². The Morgan fingerprint density at radius 2 is 1.75 bits per heavy atom. The zero-order chi connectivity index (χ0) is 30.8. The van der Waals surface area contributed by atoms with Crippen LogP contribution in [0.5, 0.6) is 0 Å². The second-order valence-corrected chi connectivity index (χ2v) is 14.4. The van der Waals surface area contributed by atoms with Crippen molar-refractivity contribution in [3.63, 3.8) is 0 Å². The summed E-state index contributed by atoms with van der Waals surface area (Å²) in [7, 11) is -3.24. The molecule has 1 aromatic heterocycles. The van der Waals surface area contributed by atoms with E-state index in [2.05, 4.69) is 21.7 Å². The second kappa shape index (κ2) is 13.0. The van der Waals surface area contributed by atoms with Gasteiger partial charge in [-0.15, -0.1) is 0 Å². The van der Waals surface area contributed by atoms with E-state index in [1.54, 1.807) is 21.3 Å². The average Bonchev–Trinajstić information content (AvgIpc) is 3.46. The molecule has 6 rings (SSSR count). The fraction of sp³-hybridized carbons (Fsp3) is 0.515. The van der Waals surface area contributed by atoms with Gasteiger partial charge in [-0.25, -0.2) is 22.6 Å². The molecule has 2 unspecified atom stereocenters. The molecule has 2 saturated heterocycles. The number of aryl methyl sites for hydroxylation is 1. The van der Waals surface area contributed by atoms with Gasteiger partial charge in [0.1, 0.15) is 11.6 Å². The van der Waals surface area contributed by atoms with Crippen molar-refractivity contribution in [2.75, 3.05) is 35.6 Å². The Hall–Kier alpha value is -3.28. The maximum atomic E-state index is 13.4. The molecule has 2 bridgehead atoms. The predicted molar refractivity (Wildman–Crippen MR) is 171 cm³/mol. The van der Waals surface area contributed by atoms with E-state index in [1.807, 2.05) is 37.3 Å². The lowest BCUT2D eigenvalue weighted by Crippen LogP contribution is -2.45. The van der Waals surface area contributed by atoms with Crippen molar-refractivity contribution >= 4 is 27.4 Å². The summed E-state index contributed by atoms with van der Waals surface area (Å²) in [6, 6.07) is 16.6. The van der Waals surface area contributed by atoms with Crippen LogP contribution >= 0.6 is 0 Å². The van der Waals surface area contributed by atoms with E-state index >= 15 is 0 Å². The van der Waals surface area contributed by atoms with Crippen molar-refractivity contribution in [2.45, 2.75) is 83.5 Å². The number of imidazole rings is 1. The van der Waals surface area contributed by atoms with E-state index in [4.69, 9.17) is 4.98 Å². The highest BCUT2D eigenvalue weighted by atomic mass is 32.2. The molecule has 3 aliphatic rings. The molecule has 44 heavy (non-hydrogen) atoms. The molecule has 2 aromatic carbocycles. The van der Waals surface area contributed by atoms with Gasteiger partial charge in [0.25, 0.3) is 0 Å². The number of rotatable bonds is 10. The van der Waals surface area contributed by atoms with Gasteiger partial charge in [0, 0.05) is 61.2 Å². The van der Waals surface area contributed by atoms with Gasteiger partial charge in [-0.2, -0.15) is 4.31 Å². The molecule has 9 nitrogen and oxygen atoms in total. The third-order valence-corrected chi connectivity index (χ3v) is 11.5. The van der Waals surface area contributed by atoms with E-state index in [1.165, 1.54) is 30.7 Å². The fourth-order valence-electron chi connectivity index (χ4n) is 7.54. The first-order valence-corrected chi connectivity index (χ1v) is 17.5. The number of amides is 2. The highest BCUT2D eigenvalue weighted by Gasteiger charge is 2.42. The summed E-state index contributed by atoms with van der Waals surface area (Å²) in [6.07, 6.45) is 6.64. The maximum absolute atomic E-state index is 13.4. The number of sulfonamides is 1. The minimum atomic E-state index is -3.24. The van der Waals surface area contributed by atoms with Crippen molar-refractivity contribution < 1.29 is 17.6 Å². The summed E-state index contributed by atoms with van der Waals surface area (Å²) in [4.78, 5) is 22.6. The number of hydrogen-bond donors (Lipinski definition) is 1. The van der Waals surface area contributed by atoms with Gasteiger partial charge in [0.2, 0.25) is 10.0 Å². The number of anilines is 2. The smallest absolute Gasteiger partial charge is 0.326 e. The van der Waals surface area contributed by atoms with Gasteiger partial charge in [-0.3, -0.25) is 9.80 Å². The third kappa shape index (κ3) is 6.41. The molecule has 236 valence electrons. The Bertz CT molecular complexity index is 1550. The summed E-state index contributed by atoms with van der Waals surface area (Å²) < 4.78 is 42.8. The lowest BCUT2D eigenvalue weighted by Gasteiger charge is -2.41. The third-order valence-electron chi connectivity index (χ3n) is 9.48. The van der Waals surface area contributed by atoms with Crippen molar-refractivity contribution in [1.29, 1.82) is 0 Å². The van der Waals surface area contributed by atoms with E-state index < -0.39 is 10.0 Å². The molecule has 1 N–H and O–H groups in total. The Morgan fingerprint density at radius 3 is 2.43 bits per heavy atom. The molecule has 4 heterocycles. The molecule has 0 spiro atoms. The van der Waals surface area contributed by atoms with E-state index in [0.29, 0.717) is 56.3 Å². The number of nitrogens with zero attached hydrogens (tertiary/aromatic N) is 5. The number of hydrogen-bond acceptors (Lipinski definition) is 5. The first kappa shape index (κ1) is 30.7. The molecular weight excluding hydrogens is 579 g/mol. The Balaban J connectivity index is 1.09. The summed E-state index contributed by atoms with van der Waals surface area (Å²) in [5.74, 6) is 0.841. The standard InChI is InChI=1S/C33H43FN6O3S/c1-3-20-44(42,43)37-19-16-32-31(23-37)35-24(2)40(32)30-21-28-14-15-29(22-30)38(28)17-7-18-39(27-8-5-4-6-9-27)33(41)36-26-12-10-25(34)11-13-26/h4-6,8-13,28-30H,3,7,14-23H2,1-2H3,(H,36,41). The van der Waals surface area contributed by atoms with Crippen LogP contribution in [0.4, 0.5) is 20.6 Å². The number of aromatic nitrogens is 2. The van der Waals surface area contributed by atoms with Crippen LogP contribution in [-0.2, 0) is 23.0 Å². The number of urea groups is 1. The normalized spacial score (nSPS) is 22.1. The predicted octanol–water partition coefficient (Wildman–Crippen LogP) is 5.73. The minimum absolute atomic E-state index is 0.186. The molecule has 11 heteroatoms. The van der Waals surface area contributed by atoms with Gasteiger partial charge in [0.15, 0.2) is 0 Å². The van der Waals surface area contributed by atoms with Crippen LogP contribution in [0.15, 0.2) is 54.6 Å². The van der Waals surface area contributed by atoms with Crippen molar-refractivity contribution in [1.82, 2.24) is 18.8 Å². The molecule has 2 atom stereocenters. The molecule has 3 aromatic rings. The first-order chi connectivity index (χ1) is 21.2. The number of carbonyl (C=O) groups excluding carboxylic acids is 1. The van der Waals surface area contributed by atoms with Crippen LogP contribution in [0, 0.1) is 12.7 Å². The summed E-state index contributed by atoms with van der Waals surface area (Å²) in [5, 5.41) is 2.92. The van der Waals surface area contributed by atoms with Crippen LogP contribution in [0.1, 0.15) is 68.7 Å². The maximum Gasteiger partial charge on any atom is 0.326 e. The number of carbonyl (C=O) groups is 1. The molecule has 3 aliphatic heterocycles. The number of nitrogens with one attached hydrogen (secondary N) is 1. The van der Waals surface area contributed by atoms with Gasteiger partial charge in [-0.1, -0.05) is 25.1 Å². The number of fused-ring (bicyclic) bond motifs is 3. The second-order valence-electron chi connectivity index (χ2n) is 12.3. The SMILES string of the molecule is CCCS(=O)(=O)N1CCc2c(nc(C)n2C2CC3CCC(C2)N3CCCN(C(=O)Nc2ccc(F)cc2)c2ccccc2)C1. The highest BCUT2D eigenvalue weighted by molar-refractivity contribution is 7.89. The summed E-state index contributed by atoms with van der Waals surface area (Å²) >= 11 is 0. The van der Waals surface area contributed by atoms with Gasteiger partial charge in [-0.05, 0) is 81.8 Å². The summed E-state index contributed by atoms with van der Waals surface area (Å²) in [5.41, 5.74) is 3.53. The minimum Gasteiger partial charge on any atom is -0.329 e. The number of benzene rings is 2. The van der Waals surface area contributed by atoms with Crippen LogP contribution in [-0.4, -0.2) is 70.7 Å². The monoisotopic (exact) mass is 622 g/mol. The van der Waals surface area contributed by atoms with E-state index in [9.17, 15) is 17.6 Å². The molecule has 2 fully saturated rings. The van der Waals surface area contributed by atoms with Crippen LogP contribution in [0.2, 0.25) is 0 Å². The molecule has 0 aliphatic carbocycles. The average molecular weight is 623 g/mol. The van der Waals surface area contributed by atoms with E-state index in [0.717, 1.165) is 43.0 Å². The number of piperidine rings is 1. The van der Waals surface area contributed by atoms with Crippen LogP contribution in [0.25, 0.3) is 0 Å². The lowest BCUT2D eigenvalue weighted by atomic mass is 9.96. The fourth-order valence-corrected chi connectivity index (χ4v) is 9.00.